The molecule has 0 unspecified atom stereocenters. The molecule has 21 heavy (non-hydrogen) atoms. The Hall–Kier alpha value is -1.44. The zero-order chi connectivity index (χ0) is 15.0. The molecule has 1 fully saturated rings. The molecular weight excluding hydrogens is 312 g/mol. The third-order valence-corrected chi connectivity index (χ3v) is 5.30. The Morgan fingerprint density at radius 2 is 2.05 bits per heavy atom. The highest BCUT2D eigenvalue weighted by Crippen LogP contribution is 2.36. The quantitative estimate of drug-likeness (QED) is 0.912. The van der Waals surface area contributed by atoms with E-state index in [1.807, 2.05) is 11.5 Å². The van der Waals surface area contributed by atoms with E-state index in [4.69, 9.17) is 11.6 Å². The van der Waals surface area contributed by atoms with Crippen LogP contribution >= 0.6 is 11.6 Å². The lowest BCUT2D eigenvalue weighted by atomic mass is 10.4. The van der Waals surface area contributed by atoms with Crippen molar-refractivity contribution in [2.24, 2.45) is 0 Å². The molecule has 0 spiro atoms. The van der Waals surface area contributed by atoms with Gasteiger partial charge in [-0.15, -0.1) is 10.2 Å². The van der Waals surface area contributed by atoms with Gasteiger partial charge < -0.3 is 4.57 Å². The van der Waals surface area contributed by atoms with E-state index in [0.717, 1.165) is 18.7 Å². The SMILES string of the molecule is Cc1nnc(CNS(=O)(=O)c2ccccc2Cl)n1C1CC1. The first-order valence-corrected chi connectivity index (χ1v) is 8.50. The molecule has 1 aliphatic carbocycles. The largest absolute Gasteiger partial charge is 0.311 e. The Balaban J connectivity index is 1.80. The molecule has 1 aromatic carbocycles. The molecule has 1 N–H and O–H groups in total. The summed E-state index contributed by atoms with van der Waals surface area (Å²) in [5, 5.41) is 8.27. The van der Waals surface area contributed by atoms with Crippen LogP contribution in [0.5, 0.6) is 0 Å². The van der Waals surface area contributed by atoms with Crippen molar-refractivity contribution in [3.8, 4) is 0 Å². The molecule has 0 saturated heterocycles. The van der Waals surface area contributed by atoms with Crippen LogP contribution in [0.2, 0.25) is 5.02 Å². The normalized spacial score (nSPS) is 15.3. The highest BCUT2D eigenvalue weighted by molar-refractivity contribution is 7.89. The van der Waals surface area contributed by atoms with Gasteiger partial charge in [-0.25, -0.2) is 13.1 Å². The molecule has 6 nitrogen and oxygen atoms in total. The maximum atomic E-state index is 12.3. The highest BCUT2D eigenvalue weighted by atomic mass is 35.5. The van der Waals surface area contributed by atoms with Gasteiger partial charge in [0.15, 0.2) is 0 Å². The summed E-state index contributed by atoms with van der Waals surface area (Å²) >= 11 is 5.93. The average Bonchev–Trinajstić information content (AvgIpc) is 3.21. The molecule has 0 amide bonds. The van der Waals surface area contributed by atoms with Crippen LogP contribution in [0, 0.1) is 6.92 Å². The average molecular weight is 327 g/mol. The Bertz CT molecular complexity index is 768. The lowest BCUT2D eigenvalue weighted by molar-refractivity contribution is 0.573. The molecular formula is C13H15ClN4O2S. The third-order valence-electron chi connectivity index (χ3n) is 3.40. The Labute approximate surface area is 128 Å². The number of aromatic nitrogens is 3. The summed E-state index contributed by atoms with van der Waals surface area (Å²) in [4.78, 5) is 0.0703. The molecule has 8 heteroatoms. The van der Waals surface area contributed by atoms with Crippen LogP contribution in [-0.2, 0) is 16.6 Å². The number of halogens is 1. The van der Waals surface area contributed by atoms with Crippen molar-refractivity contribution in [2.75, 3.05) is 0 Å². The monoisotopic (exact) mass is 326 g/mol. The fourth-order valence-electron chi connectivity index (χ4n) is 2.24. The highest BCUT2D eigenvalue weighted by Gasteiger charge is 2.28. The van der Waals surface area contributed by atoms with Crippen LogP contribution in [-0.4, -0.2) is 23.2 Å². The van der Waals surface area contributed by atoms with Gasteiger partial charge in [0.1, 0.15) is 16.5 Å². The molecule has 0 atom stereocenters. The Kier molecular flexibility index (Phi) is 3.73. The zero-order valence-electron chi connectivity index (χ0n) is 11.5. The summed E-state index contributed by atoms with van der Waals surface area (Å²) in [5.41, 5.74) is 0. The summed E-state index contributed by atoms with van der Waals surface area (Å²) in [5.74, 6) is 1.44. The van der Waals surface area contributed by atoms with Crippen molar-refractivity contribution in [3.63, 3.8) is 0 Å². The molecule has 2 aromatic rings. The minimum atomic E-state index is -3.66. The van der Waals surface area contributed by atoms with Gasteiger partial charge in [0.05, 0.1) is 11.6 Å². The van der Waals surface area contributed by atoms with Gasteiger partial charge in [-0.3, -0.25) is 0 Å². The van der Waals surface area contributed by atoms with Crippen LogP contribution in [0.25, 0.3) is 0 Å². The fraction of sp³-hybridized carbons (Fsp3) is 0.385. The summed E-state index contributed by atoms with van der Waals surface area (Å²) < 4.78 is 29.1. The Morgan fingerprint density at radius 3 is 2.71 bits per heavy atom. The first-order chi connectivity index (χ1) is 9.99. The maximum Gasteiger partial charge on any atom is 0.242 e. The van der Waals surface area contributed by atoms with E-state index in [1.165, 1.54) is 6.07 Å². The minimum absolute atomic E-state index is 0.0703. The fourth-order valence-corrected chi connectivity index (χ4v) is 3.74. The molecule has 1 heterocycles. The summed E-state index contributed by atoms with van der Waals surface area (Å²) in [7, 11) is -3.66. The van der Waals surface area contributed by atoms with Gasteiger partial charge in [-0.2, -0.15) is 0 Å². The molecule has 112 valence electrons. The predicted octanol–water partition coefficient (Wildman–Crippen LogP) is 2.05. The number of benzene rings is 1. The van der Waals surface area contributed by atoms with Crippen molar-refractivity contribution < 1.29 is 8.42 Å². The zero-order valence-corrected chi connectivity index (χ0v) is 13.0. The van der Waals surface area contributed by atoms with Crippen molar-refractivity contribution >= 4 is 21.6 Å². The van der Waals surface area contributed by atoms with Crippen molar-refractivity contribution in [2.45, 2.75) is 37.2 Å². The first kappa shape index (κ1) is 14.5. The molecule has 0 radical (unpaired) electrons. The molecule has 0 bridgehead atoms. The van der Waals surface area contributed by atoms with Crippen LogP contribution in [0.1, 0.15) is 30.5 Å². The number of nitrogens with one attached hydrogen (secondary N) is 1. The van der Waals surface area contributed by atoms with E-state index in [0.29, 0.717) is 11.9 Å². The van der Waals surface area contributed by atoms with Crippen LogP contribution < -0.4 is 4.72 Å². The summed E-state index contributed by atoms with van der Waals surface area (Å²) in [6.45, 7) is 1.97. The van der Waals surface area contributed by atoms with Crippen LogP contribution in [0.4, 0.5) is 0 Å². The van der Waals surface area contributed by atoms with Gasteiger partial charge in [0, 0.05) is 6.04 Å². The number of rotatable bonds is 5. The molecule has 1 aromatic heterocycles. The molecule has 1 saturated carbocycles. The summed E-state index contributed by atoms with van der Waals surface area (Å²) in [6, 6.07) is 6.75. The van der Waals surface area contributed by atoms with Gasteiger partial charge >= 0.3 is 0 Å². The van der Waals surface area contributed by atoms with E-state index in [2.05, 4.69) is 14.9 Å². The molecule has 1 aliphatic rings. The lowest BCUT2D eigenvalue weighted by Gasteiger charge is -2.09. The van der Waals surface area contributed by atoms with E-state index in [-0.39, 0.29) is 16.5 Å². The predicted molar refractivity (Wildman–Crippen MR) is 78.5 cm³/mol. The third kappa shape index (κ3) is 2.95. The van der Waals surface area contributed by atoms with E-state index in [1.54, 1.807) is 18.2 Å². The molecule has 0 aliphatic heterocycles. The van der Waals surface area contributed by atoms with E-state index in [9.17, 15) is 8.42 Å². The molecule has 3 rings (SSSR count). The van der Waals surface area contributed by atoms with Crippen molar-refractivity contribution in [1.82, 2.24) is 19.5 Å². The van der Waals surface area contributed by atoms with Gasteiger partial charge in [0.2, 0.25) is 10.0 Å². The van der Waals surface area contributed by atoms with E-state index < -0.39 is 10.0 Å². The van der Waals surface area contributed by atoms with Gasteiger partial charge in [-0.1, -0.05) is 23.7 Å². The first-order valence-electron chi connectivity index (χ1n) is 6.63. The van der Waals surface area contributed by atoms with Gasteiger partial charge in [-0.05, 0) is 31.9 Å². The smallest absolute Gasteiger partial charge is 0.242 e. The number of aryl methyl sites for hydroxylation is 1. The standard InChI is InChI=1S/C13H15ClN4O2S/c1-9-16-17-13(18(9)10-6-7-10)8-15-21(19,20)12-5-3-2-4-11(12)14/h2-5,10,15H,6-8H2,1H3. The van der Waals surface area contributed by atoms with Crippen LogP contribution in [0.3, 0.4) is 0 Å². The number of hydrogen-bond acceptors (Lipinski definition) is 4. The minimum Gasteiger partial charge on any atom is -0.311 e. The second-order valence-corrected chi connectivity index (χ2v) is 7.16. The van der Waals surface area contributed by atoms with Crippen LogP contribution in [0.15, 0.2) is 29.2 Å². The Morgan fingerprint density at radius 1 is 1.33 bits per heavy atom. The lowest BCUT2D eigenvalue weighted by Crippen LogP contribution is -2.25. The van der Waals surface area contributed by atoms with E-state index >= 15 is 0 Å². The maximum absolute atomic E-state index is 12.3. The van der Waals surface area contributed by atoms with Gasteiger partial charge in [0.25, 0.3) is 0 Å². The van der Waals surface area contributed by atoms with Crippen molar-refractivity contribution in [1.29, 1.82) is 0 Å². The number of sulfonamides is 1. The number of nitrogens with zero attached hydrogens (tertiary/aromatic N) is 3. The second-order valence-electron chi connectivity index (χ2n) is 5.02. The van der Waals surface area contributed by atoms with Crippen molar-refractivity contribution in [3.05, 3.63) is 40.9 Å². The summed E-state index contributed by atoms with van der Waals surface area (Å²) in [6.07, 6.45) is 2.17. The second kappa shape index (κ2) is 5.40. The number of hydrogen-bond donors (Lipinski definition) is 1. The topological polar surface area (TPSA) is 76.9 Å².